The summed E-state index contributed by atoms with van der Waals surface area (Å²) in [5.74, 6) is 0.771. The van der Waals surface area contributed by atoms with Crippen LogP contribution >= 0.6 is 0 Å². The van der Waals surface area contributed by atoms with Gasteiger partial charge in [0.25, 0.3) is 0 Å². The van der Waals surface area contributed by atoms with Gasteiger partial charge in [-0.1, -0.05) is 55.4 Å². The molecule has 0 amide bonds. The smallest absolute Gasteiger partial charge is 0.0159 e. The number of likely N-dealkylation sites (N-methyl/N-ethyl adjacent to an activating group) is 1. The molecule has 0 bridgehead atoms. The molecular formula is C28H57N3. The molecule has 3 heteroatoms. The summed E-state index contributed by atoms with van der Waals surface area (Å²) in [6.07, 6.45) is 5.23. The van der Waals surface area contributed by atoms with E-state index in [0.717, 1.165) is 5.92 Å². The summed E-state index contributed by atoms with van der Waals surface area (Å²) in [7, 11) is 0. The van der Waals surface area contributed by atoms with E-state index in [1.54, 1.807) is 0 Å². The molecule has 3 nitrogen and oxygen atoms in total. The highest BCUT2D eigenvalue weighted by molar-refractivity contribution is 4.97. The molecule has 2 fully saturated rings. The Labute approximate surface area is 196 Å². The normalized spacial score (nSPS) is 26.4. The Hall–Kier alpha value is -0.120. The van der Waals surface area contributed by atoms with Gasteiger partial charge in [-0.3, -0.25) is 9.80 Å². The summed E-state index contributed by atoms with van der Waals surface area (Å²) in [4.78, 5) is 8.17. The zero-order chi connectivity index (χ0) is 23.7. The molecular weight excluding hydrogens is 378 g/mol. The second kappa shape index (κ2) is 10.0. The van der Waals surface area contributed by atoms with E-state index in [9.17, 15) is 0 Å². The van der Waals surface area contributed by atoms with Crippen molar-refractivity contribution in [3.63, 3.8) is 0 Å². The summed E-state index contributed by atoms with van der Waals surface area (Å²) < 4.78 is 0. The zero-order valence-electron chi connectivity index (χ0n) is 23.3. The van der Waals surface area contributed by atoms with Gasteiger partial charge in [0.05, 0.1) is 0 Å². The number of rotatable bonds is 7. The summed E-state index contributed by atoms with van der Waals surface area (Å²) in [6, 6.07) is 0.684. The molecule has 1 atom stereocenters. The maximum Gasteiger partial charge on any atom is 0.0159 e. The summed E-state index contributed by atoms with van der Waals surface area (Å²) in [5, 5.41) is 0. The number of piperazine rings is 1. The minimum atomic E-state index is 0.267. The maximum absolute atomic E-state index is 2.79. The monoisotopic (exact) mass is 435 g/mol. The molecule has 0 aromatic carbocycles. The van der Waals surface area contributed by atoms with Crippen molar-refractivity contribution in [3.05, 3.63) is 0 Å². The van der Waals surface area contributed by atoms with Crippen LogP contribution in [0.15, 0.2) is 0 Å². The second-order valence-electron chi connectivity index (χ2n) is 14.0. The summed E-state index contributed by atoms with van der Waals surface area (Å²) in [5.41, 5.74) is 1.36. The number of likely N-dealkylation sites (tertiary alicyclic amines) is 1. The van der Waals surface area contributed by atoms with Crippen molar-refractivity contribution in [2.75, 3.05) is 45.8 Å². The highest BCUT2D eigenvalue weighted by atomic mass is 15.3. The molecule has 0 N–H and O–H groups in total. The van der Waals surface area contributed by atoms with Crippen molar-refractivity contribution in [2.24, 2.45) is 22.2 Å². The predicted octanol–water partition coefficient (Wildman–Crippen LogP) is 6.38. The predicted molar refractivity (Wildman–Crippen MR) is 138 cm³/mol. The van der Waals surface area contributed by atoms with Crippen molar-refractivity contribution in [1.29, 1.82) is 0 Å². The van der Waals surface area contributed by atoms with Gasteiger partial charge in [-0.2, -0.15) is 0 Å². The summed E-state index contributed by atoms with van der Waals surface area (Å²) >= 11 is 0. The largest absolute Gasteiger partial charge is 0.301 e. The van der Waals surface area contributed by atoms with E-state index in [-0.39, 0.29) is 5.54 Å². The van der Waals surface area contributed by atoms with Crippen LogP contribution in [0.3, 0.4) is 0 Å². The van der Waals surface area contributed by atoms with E-state index in [1.807, 2.05) is 0 Å². The molecule has 0 aliphatic carbocycles. The van der Waals surface area contributed by atoms with E-state index in [4.69, 9.17) is 0 Å². The number of nitrogens with zero attached hydrogens (tertiary/aromatic N) is 3. The van der Waals surface area contributed by atoms with Crippen LogP contribution in [-0.2, 0) is 0 Å². The Balaban J connectivity index is 2.16. The lowest BCUT2D eigenvalue weighted by Gasteiger charge is -2.53. The van der Waals surface area contributed by atoms with Crippen LogP contribution in [0.25, 0.3) is 0 Å². The van der Waals surface area contributed by atoms with Gasteiger partial charge in [0.2, 0.25) is 0 Å². The Morgan fingerprint density at radius 1 is 0.839 bits per heavy atom. The first-order valence-electron chi connectivity index (χ1n) is 13.3. The highest BCUT2D eigenvalue weighted by Crippen LogP contribution is 2.49. The Morgan fingerprint density at radius 2 is 1.32 bits per heavy atom. The van der Waals surface area contributed by atoms with Crippen LogP contribution in [0.1, 0.15) is 102 Å². The van der Waals surface area contributed by atoms with E-state index in [0.29, 0.717) is 22.3 Å². The quantitative estimate of drug-likeness (QED) is 0.459. The second-order valence-corrected chi connectivity index (χ2v) is 14.0. The fourth-order valence-corrected chi connectivity index (χ4v) is 6.85. The molecule has 2 heterocycles. The third-order valence-corrected chi connectivity index (χ3v) is 8.74. The van der Waals surface area contributed by atoms with Crippen LogP contribution in [0, 0.1) is 22.2 Å². The lowest BCUT2D eigenvalue weighted by molar-refractivity contribution is -0.0286. The lowest BCUT2D eigenvalue weighted by Crippen LogP contribution is -2.56. The minimum absolute atomic E-state index is 0.267. The van der Waals surface area contributed by atoms with Crippen molar-refractivity contribution in [1.82, 2.24) is 14.7 Å². The molecule has 1 unspecified atom stereocenters. The van der Waals surface area contributed by atoms with Gasteiger partial charge < -0.3 is 4.90 Å². The van der Waals surface area contributed by atoms with Crippen LogP contribution in [0.2, 0.25) is 0 Å². The molecule has 2 aliphatic rings. The molecule has 2 rings (SSSR count). The molecule has 0 aromatic heterocycles. The van der Waals surface area contributed by atoms with Gasteiger partial charge in [-0.05, 0) is 75.2 Å². The van der Waals surface area contributed by atoms with Gasteiger partial charge in [-0.15, -0.1) is 0 Å². The van der Waals surface area contributed by atoms with Crippen molar-refractivity contribution in [3.8, 4) is 0 Å². The minimum Gasteiger partial charge on any atom is -0.301 e. The average Bonchev–Trinajstić information content (AvgIpc) is 2.63. The van der Waals surface area contributed by atoms with Crippen molar-refractivity contribution < 1.29 is 0 Å². The first-order valence-corrected chi connectivity index (χ1v) is 13.3. The fourth-order valence-electron chi connectivity index (χ4n) is 6.85. The van der Waals surface area contributed by atoms with Gasteiger partial charge in [-0.25, -0.2) is 0 Å². The Bertz CT molecular complexity index is 535. The Morgan fingerprint density at radius 3 is 1.74 bits per heavy atom. The van der Waals surface area contributed by atoms with Gasteiger partial charge >= 0.3 is 0 Å². The van der Waals surface area contributed by atoms with Crippen LogP contribution in [0.5, 0.6) is 0 Å². The van der Waals surface area contributed by atoms with Crippen LogP contribution in [-0.4, -0.2) is 72.1 Å². The Kier molecular flexibility index (Phi) is 8.77. The van der Waals surface area contributed by atoms with Gasteiger partial charge in [0.1, 0.15) is 0 Å². The average molecular weight is 436 g/mol. The number of hydrogen-bond donors (Lipinski definition) is 0. The first kappa shape index (κ1) is 27.1. The van der Waals surface area contributed by atoms with Crippen LogP contribution < -0.4 is 0 Å². The number of hydrogen-bond acceptors (Lipinski definition) is 3. The van der Waals surface area contributed by atoms with E-state index < -0.39 is 0 Å². The van der Waals surface area contributed by atoms with Crippen LogP contribution in [0.4, 0.5) is 0 Å². The summed E-state index contributed by atoms with van der Waals surface area (Å²) in [6.45, 7) is 36.0. The van der Waals surface area contributed by atoms with Gasteiger partial charge in [0.15, 0.2) is 0 Å². The SMILES string of the molecule is CCC(C)N1CC(C)(C)CC(C(C)(C)CC(C)(C)N2CCN(CC)CC2)CC(C)(C)C1. The standard InChI is InChI=1S/C28H57N3/c1-12-23(3)30-21-25(4,5)18-24(19-26(6,7)22-30)27(8,9)20-28(10,11)31-16-14-29(13-2)15-17-31/h23-24H,12-22H2,1-11H3. The third-order valence-electron chi connectivity index (χ3n) is 8.74. The molecule has 2 aliphatic heterocycles. The third kappa shape index (κ3) is 7.44. The molecule has 184 valence electrons. The topological polar surface area (TPSA) is 9.72 Å². The van der Waals surface area contributed by atoms with E-state index >= 15 is 0 Å². The molecule has 2 saturated heterocycles. The lowest BCUT2D eigenvalue weighted by atomic mass is 9.60. The van der Waals surface area contributed by atoms with Crippen molar-refractivity contribution in [2.45, 2.75) is 113 Å². The zero-order valence-corrected chi connectivity index (χ0v) is 23.3. The molecule has 0 saturated carbocycles. The maximum atomic E-state index is 2.79. The van der Waals surface area contributed by atoms with Crippen molar-refractivity contribution >= 4 is 0 Å². The van der Waals surface area contributed by atoms with Gasteiger partial charge in [0, 0.05) is 50.8 Å². The molecule has 0 aromatic rings. The molecule has 31 heavy (non-hydrogen) atoms. The molecule has 0 radical (unpaired) electrons. The van der Waals surface area contributed by atoms with E-state index in [2.05, 4.69) is 90.9 Å². The molecule has 0 spiro atoms. The van der Waals surface area contributed by atoms with E-state index in [1.165, 1.54) is 71.5 Å². The highest BCUT2D eigenvalue weighted by Gasteiger charge is 2.44. The first-order chi connectivity index (χ1) is 14.1. The fraction of sp³-hybridized carbons (Fsp3) is 1.00.